The molecule has 0 aliphatic heterocycles. The fourth-order valence-electron chi connectivity index (χ4n) is 3.01. The lowest BCUT2D eigenvalue weighted by molar-refractivity contribution is 0.414. The summed E-state index contributed by atoms with van der Waals surface area (Å²) >= 11 is 0. The van der Waals surface area contributed by atoms with Crippen molar-refractivity contribution in [2.24, 2.45) is 0 Å². The second-order valence-corrected chi connectivity index (χ2v) is 5.72. The van der Waals surface area contributed by atoms with Crippen molar-refractivity contribution in [2.75, 3.05) is 14.2 Å². The summed E-state index contributed by atoms with van der Waals surface area (Å²) in [4.78, 5) is 4.52. The molecule has 1 aromatic heterocycles. The third-order valence-electron chi connectivity index (χ3n) is 4.32. The van der Waals surface area contributed by atoms with Crippen molar-refractivity contribution in [3.05, 3.63) is 73.1 Å². The minimum atomic E-state index is 0.836. The van der Waals surface area contributed by atoms with Gasteiger partial charge in [-0.05, 0) is 48.0 Å². The maximum atomic E-state index is 5.50. The smallest absolute Gasteiger partial charge is 0.126 e. The molecule has 0 aliphatic rings. The van der Waals surface area contributed by atoms with Crippen LogP contribution < -0.4 is 9.47 Å². The first-order valence-electron chi connectivity index (χ1n) is 8.05. The zero-order valence-electron chi connectivity index (χ0n) is 14.1. The van der Waals surface area contributed by atoms with Gasteiger partial charge in [-0.3, -0.25) is 4.57 Å². The predicted molar refractivity (Wildman–Crippen MR) is 99.6 cm³/mol. The molecule has 4 heteroatoms. The molecule has 25 heavy (non-hydrogen) atoms. The van der Waals surface area contributed by atoms with Gasteiger partial charge in [0, 0.05) is 11.3 Å². The summed E-state index contributed by atoms with van der Waals surface area (Å²) in [5.74, 6) is 1.69. The van der Waals surface area contributed by atoms with Crippen molar-refractivity contribution in [1.29, 1.82) is 0 Å². The highest BCUT2D eigenvalue weighted by molar-refractivity contribution is 5.85. The molecule has 4 nitrogen and oxygen atoms in total. The summed E-state index contributed by atoms with van der Waals surface area (Å²) in [6, 6.07) is 22.2. The highest BCUT2D eigenvalue weighted by atomic mass is 16.5. The number of fused-ring (bicyclic) bond motifs is 1. The quantitative estimate of drug-likeness (QED) is 0.544. The molecule has 1 heterocycles. The van der Waals surface area contributed by atoms with Gasteiger partial charge in [-0.2, -0.15) is 0 Å². The number of benzene rings is 3. The number of aromatic nitrogens is 2. The summed E-state index contributed by atoms with van der Waals surface area (Å²) in [6.07, 6.45) is 1.85. The molecule has 3 aromatic carbocycles. The van der Waals surface area contributed by atoms with E-state index in [1.54, 1.807) is 14.2 Å². The van der Waals surface area contributed by atoms with Crippen molar-refractivity contribution in [1.82, 2.24) is 9.55 Å². The molecule has 4 rings (SSSR count). The Hall–Kier alpha value is -3.27. The van der Waals surface area contributed by atoms with E-state index in [-0.39, 0.29) is 0 Å². The van der Waals surface area contributed by atoms with Gasteiger partial charge >= 0.3 is 0 Å². The fourth-order valence-corrected chi connectivity index (χ4v) is 3.01. The molecule has 0 saturated carbocycles. The molecule has 4 aromatic rings. The van der Waals surface area contributed by atoms with E-state index in [2.05, 4.69) is 27.8 Å². The molecule has 0 fully saturated rings. The van der Waals surface area contributed by atoms with Crippen LogP contribution >= 0.6 is 0 Å². The van der Waals surface area contributed by atoms with Gasteiger partial charge in [0.25, 0.3) is 0 Å². The Morgan fingerprint density at radius 1 is 0.840 bits per heavy atom. The van der Waals surface area contributed by atoms with E-state index in [1.165, 1.54) is 0 Å². The zero-order valence-corrected chi connectivity index (χ0v) is 14.1. The van der Waals surface area contributed by atoms with Gasteiger partial charge in [-0.25, -0.2) is 4.98 Å². The van der Waals surface area contributed by atoms with Crippen LogP contribution in [-0.4, -0.2) is 23.8 Å². The minimum Gasteiger partial charge on any atom is -0.497 e. The standard InChI is InChI=1S/C21H18N2O2/c1-24-17-10-8-16(9-11-17)23-14-22-19-12-7-15(13-20(19)23)18-5-3-4-6-21(18)25-2/h3-14H,1-2H3. The van der Waals surface area contributed by atoms with Gasteiger partial charge in [0.1, 0.15) is 17.8 Å². The van der Waals surface area contributed by atoms with E-state index < -0.39 is 0 Å². The van der Waals surface area contributed by atoms with Crippen LogP contribution in [0.2, 0.25) is 0 Å². The van der Waals surface area contributed by atoms with Crippen LogP contribution in [0, 0.1) is 0 Å². The highest BCUT2D eigenvalue weighted by Gasteiger charge is 2.09. The van der Waals surface area contributed by atoms with Crippen LogP contribution in [-0.2, 0) is 0 Å². The molecule has 0 atom stereocenters. The molecule has 0 radical (unpaired) electrons. The predicted octanol–water partition coefficient (Wildman–Crippen LogP) is 4.71. The summed E-state index contributed by atoms with van der Waals surface area (Å²) in [6.45, 7) is 0. The Bertz CT molecular complexity index is 1020. The van der Waals surface area contributed by atoms with E-state index in [4.69, 9.17) is 9.47 Å². The number of ether oxygens (including phenoxy) is 2. The number of para-hydroxylation sites is 1. The van der Waals surface area contributed by atoms with E-state index in [9.17, 15) is 0 Å². The second kappa shape index (κ2) is 6.32. The number of imidazole rings is 1. The largest absolute Gasteiger partial charge is 0.497 e. The summed E-state index contributed by atoms with van der Waals surface area (Å²) in [5, 5.41) is 0. The molecule has 0 unspecified atom stereocenters. The molecule has 0 spiro atoms. The molecular formula is C21H18N2O2. The monoisotopic (exact) mass is 330 g/mol. The van der Waals surface area contributed by atoms with E-state index in [0.29, 0.717) is 0 Å². The lowest BCUT2D eigenvalue weighted by Gasteiger charge is -2.10. The number of nitrogens with zero attached hydrogens (tertiary/aromatic N) is 2. The van der Waals surface area contributed by atoms with Gasteiger partial charge in [0.15, 0.2) is 0 Å². The summed E-state index contributed by atoms with van der Waals surface area (Å²) in [7, 11) is 3.36. The Morgan fingerprint density at radius 3 is 2.40 bits per heavy atom. The van der Waals surface area contributed by atoms with E-state index >= 15 is 0 Å². The Kier molecular flexibility index (Phi) is 3.86. The molecule has 0 N–H and O–H groups in total. The Morgan fingerprint density at radius 2 is 1.64 bits per heavy atom. The lowest BCUT2D eigenvalue weighted by atomic mass is 10.0. The van der Waals surface area contributed by atoms with Gasteiger partial charge < -0.3 is 9.47 Å². The minimum absolute atomic E-state index is 0.836. The first kappa shape index (κ1) is 15.3. The van der Waals surface area contributed by atoms with E-state index in [0.717, 1.165) is 39.3 Å². The van der Waals surface area contributed by atoms with Crippen molar-refractivity contribution >= 4 is 11.0 Å². The number of hydrogen-bond acceptors (Lipinski definition) is 3. The lowest BCUT2D eigenvalue weighted by Crippen LogP contribution is -1.93. The first-order chi connectivity index (χ1) is 12.3. The van der Waals surface area contributed by atoms with Crippen LogP contribution in [0.3, 0.4) is 0 Å². The summed E-state index contributed by atoms with van der Waals surface area (Å²) in [5.41, 5.74) is 5.21. The number of methoxy groups -OCH3 is 2. The molecule has 124 valence electrons. The second-order valence-electron chi connectivity index (χ2n) is 5.72. The molecular weight excluding hydrogens is 312 g/mol. The van der Waals surface area contributed by atoms with Gasteiger partial charge in [0.2, 0.25) is 0 Å². The number of hydrogen-bond donors (Lipinski definition) is 0. The molecule has 0 bridgehead atoms. The Balaban J connectivity index is 1.85. The Labute approximate surface area is 146 Å². The van der Waals surface area contributed by atoms with E-state index in [1.807, 2.05) is 54.9 Å². The molecule has 0 amide bonds. The van der Waals surface area contributed by atoms with Crippen molar-refractivity contribution < 1.29 is 9.47 Å². The average molecular weight is 330 g/mol. The maximum Gasteiger partial charge on any atom is 0.126 e. The van der Waals surface area contributed by atoms with Crippen LogP contribution in [0.5, 0.6) is 11.5 Å². The van der Waals surface area contributed by atoms with Crippen molar-refractivity contribution in [2.45, 2.75) is 0 Å². The zero-order chi connectivity index (χ0) is 17.2. The highest BCUT2D eigenvalue weighted by Crippen LogP contribution is 2.32. The molecule has 0 aliphatic carbocycles. The van der Waals surface area contributed by atoms with Crippen LogP contribution in [0.1, 0.15) is 0 Å². The SMILES string of the molecule is COc1ccc(-n2cnc3ccc(-c4ccccc4OC)cc32)cc1. The van der Waals surface area contributed by atoms with Gasteiger partial charge in [-0.1, -0.05) is 24.3 Å². The normalized spacial score (nSPS) is 10.8. The third-order valence-corrected chi connectivity index (χ3v) is 4.32. The third kappa shape index (κ3) is 2.72. The van der Waals surface area contributed by atoms with Crippen LogP contribution in [0.25, 0.3) is 27.8 Å². The first-order valence-corrected chi connectivity index (χ1v) is 8.05. The number of rotatable bonds is 4. The topological polar surface area (TPSA) is 36.3 Å². The van der Waals surface area contributed by atoms with Gasteiger partial charge in [0.05, 0.1) is 25.3 Å². The van der Waals surface area contributed by atoms with Crippen LogP contribution in [0.15, 0.2) is 73.1 Å². The summed E-state index contributed by atoms with van der Waals surface area (Å²) < 4.78 is 12.8. The average Bonchev–Trinajstić information content (AvgIpc) is 3.11. The van der Waals surface area contributed by atoms with Gasteiger partial charge in [-0.15, -0.1) is 0 Å². The van der Waals surface area contributed by atoms with Crippen LogP contribution in [0.4, 0.5) is 0 Å². The fraction of sp³-hybridized carbons (Fsp3) is 0.0952. The molecule has 0 saturated heterocycles. The van der Waals surface area contributed by atoms with Crippen molar-refractivity contribution in [3.63, 3.8) is 0 Å². The van der Waals surface area contributed by atoms with Crippen molar-refractivity contribution in [3.8, 4) is 28.3 Å². The maximum absolute atomic E-state index is 5.50.